The standard InChI is InChI=1S/C12H14F2N2O3/c1-3-4-16(2)12(19)15-10-6-9(14)8(13)5-7(10)11(17)18/h5-6H,3-4H2,1-2H3,(H,15,19)(H,17,18). The molecule has 19 heavy (non-hydrogen) atoms. The van der Waals surface area contributed by atoms with E-state index in [0.29, 0.717) is 25.1 Å². The van der Waals surface area contributed by atoms with Gasteiger partial charge < -0.3 is 15.3 Å². The second-order valence-electron chi connectivity index (χ2n) is 3.97. The minimum absolute atomic E-state index is 0.278. The highest BCUT2D eigenvalue weighted by Gasteiger charge is 2.18. The summed E-state index contributed by atoms with van der Waals surface area (Å²) in [4.78, 5) is 23.9. The Balaban J connectivity index is 3.03. The summed E-state index contributed by atoms with van der Waals surface area (Å²) < 4.78 is 26.1. The average molecular weight is 272 g/mol. The lowest BCUT2D eigenvalue weighted by Gasteiger charge is -2.18. The van der Waals surface area contributed by atoms with Crippen molar-refractivity contribution >= 4 is 17.7 Å². The van der Waals surface area contributed by atoms with Gasteiger partial charge in [0, 0.05) is 19.7 Å². The molecule has 0 heterocycles. The number of nitrogens with zero attached hydrogens (tertiary/aromatic N) is 1. The summed E-state index contributed by atoms with van der Waals surface area (Å²) in [6.45, 7) is 2.32. The highest BCUT2D eigenvalue weighted by molar-refractivity contribution is 5.99. The van der Waals surface area contributed by atoms with Crippen LogP contribution in [-0.2, 0) is 0 Å². The number of halogens is 2. The van der Waals surface area contributed by atoms with E-state index in [1.165, 1.54) is 11.9 Å². The van der Waals surface area contributed by atoms with Crippen LogP contribution in [0, 0.1) is 11.6 Å². The number of hydrogen-bond donors (Lipinski definition) is 2. The van der Waals surface area contributed by atoms with Gasteiger partial charge in [0.2, 0.25) is 0 Å². The second-order valence-corrected chi connectivity index (χ2v) is 3.97. The van der Waals surface area contributed by atoms with E-state index in [1.807, 2.05) is 6.92 Å². The summed E-state index contributed by atoms with van der Waals surface area (Å²) in [5, 5.41) is 11.1. The van der Waals surface area contributed by atoms with Crippen molar-refractivity contribution < 1.29 is 23.5 Å². The molecule has 104 valence electrons. The summed E-state index contributed by atoms with van der Waals surface area (Å²) in [6.07, 6.45) is 0.716. The van der Waals surface area contributed by atoms with Gasteiger partial charge in [0.15, 0.2) is 11.6 Å². The highest BCUT2D eigenvalue weighted by Crippen LogP contribution is 2.20. The maximum atomic E-state index is 13.1. The van der Waals surface area contributed by atoms with Crippen LogP contribution >= 0.6 is 0 Å². The molecule has 0 unspecified atom stereocenters. The maximum Gasteiger partial charge on any atom is 0.337 e. The number of benzene rings is 1. The zero-order valence-corrected chi connectivity index (χ0v) is 10.5. The molecule has 2 N–H and O–H groups in total. The van der Waals surface area contributed by atoms with Crippen molar-refractivity contribution in [2.45, 2.75) is 13.3 Å². The highest BCUT2D eigenvalue weighted by atomic mass is 19.2. The van der Waals surface area contributed by atoms with Gasteiger partial charge in [0.1, 0.15) is 0 Å². The monoisotopic (exact) mass is 272 g/mol. The van der Waals surface area contributed by atoms with Crippen molar-refractivity contribution in [2.24, 2.45) is 0 Å². The van der Waals surface area contributed by atoms with Gasteiger partial charge in [0.05, 0.1) is 11.3 Å². The fourth-order valence-electron chi connectivity index (χ4n) is 1.47. The van der Waals surface area contributed by atoms with Crippen molar-refractivity contribution in [1.82, 2.24) is 4.90 Å². The lowest BCUT2D eigenvalue weighted by atomic mass is 10.1. The molecule has 0 saturated heterocycles. The zero-order chi connectivity index (χ0) is 14.6. The third-order valence-electron chi connectivity index (χ3n) is 2.44. The quantitative estimate of drug-likeness (QED) is 0.884. The van der Waals surface area contributed by atoms with Gasteiger partial charge in [-0.2, -0.15) is 0 Å². The summed E-state index contributed by atoms with van der Waals surface area (Å²) in [5.74, 6) is -3.96. The molecule has 0 spiro atoms. The summed E-state index contributed by atoms with van der Waals surface area (Å²) >= 11 is 0. The number of carbonyl (C=O) groups excluding carboxylic acids is 1. The van der Waals surface area contributed by atoms with E-state index in [1.54, 1.807) is 0 Å². The van der Waals surface area contributed by atoms with Crippen molar-refractivity contribution in [3.63, 3.8) is 0 Å². The molecule has 0 aliphatic carbocycles. The molecule has 0 saturated carbocycles. The molecule has 1 aromatic rings. The van der Waals surface area contributed by atoms with E-state index >= 15 is 0 Å². The van der Waals surface area contributed by atoms with Gasteiger partial charge in [-0.25, -0.2) is 18.4 Å². The largest absolute Gasteiger partial charge is 0.478 e. The summed E-state index contributed by atoms with van der Waals surface area (Å²) in [5.41, 5.74) is -0.781. The van der Waals surface area contributed by atoms with Crippen molar-refractivity contribution in [1.29, 1.82) is 0 Å². The van der Waals surface area contributed by atoms with Crippen LogP contribution in [0.2, 0.25) is 0 Å². The van der Waals surface area contributed by atoms with Crippen LogP contribution in [-0.4, -0.2) is 35.6 Å². The van der Waals surface area contributed by atoms with Gasteiger partial charge in [-0.15, -0.1) is 0 Å². The first-order chi connectivity index (χ1) is 8.86. The van der Waals surface area contributed by atoms with Crippen LogP contribution in [0.1, 0.15) is 23.7 Å². The van der Waals surface area contributed by atoms with E-state index in [-0.39, 0.29) is 5.69 Å². The predicted molar refractivity (Wildman–Crippen MR) is 65.3 cm³/mol. The van der Waals surface area contributed by atoms with Gasteiger partial charge in [-0.1, -0.05) is 6.92 Å². The van der Waals surface area contributed by atoms with E-state index < -0.39 is 29.2 Å². The number of rotatable bonds is 4. The van der Waals surface area contributed by atoms with Crippen LogP contribution in [0.25, 0.3) is 0 Å². The lowest BCUT2D eigenvalue weighted by molar-refractivity contribution is 0.0697. The number of amides is 2. The number of carbonyl (C=O) groups is 2. The molecule has 0 fully saturated rings. The fraction of sp³-hybridized carbons (Fsp3) is 0.333. The van der Waals surface area contributed by atoms with E-state index in [9.17, 15) is 18.4 Å². The minimum atomic E-state index is -1.45. The Hall–Kier alpha value is -2.18. The van der Waals surface area contributed by atoms with Crippen LogP contribution in [0.4, 0.5) is 19.3 Å². The van der Waals surface area contributed by atoms with E-state index in [2.05, 4.69) is 5.32 Å². The molecule has 5 nitrogen and oxygen atoms in total. The maximum absolute atomic E-state index is 13.1. The number of aromatic carboxylic acids is 1. The fourth-order valence-corrected chi connectivity index (χ4v) is 1.47. The molecule has 7 heteroatoms. The third-order valence-corrected chi connectivity index (χ3v) is 2.44. The van der Waals surface area contributed by atoms with Crippen molar-refractivity contribution in [3.8, 4) is 0 Å². The molecule has 0 aromatic heterocycles. The molecular weight excluding hydrogens is 258 g/mol. The average Bonchev–Trinajstić information content (AvgIpc) is 2.33. The van der Waals surface area contributed by atoms with Crippen LogP contribution in [0.15, 0.2) is 12.1 Å². The zero-order valence-electron chi connectivity index (χ0n) is 10.5. The number of anilines is 1. The first kappa shape index (κ1) is 14.9. The smallest absolute Gasteiger partial charge is 0.337 e. The van der Waals surface area contributed by atoms with Gasteiger partial charge in [0.25, 0.3) is 0 Å². The van der Waals surface area contributed by atoms with Crippen molar-refractivity contribution in [3.05, 3.63) is 29.3 Å². The summed E-state index contributed by atoms with van der Waals surface area (Å²) in [6, 6.07) is 0.596. The lowest BCUT2D eigenvalue weighted by Crippen LogP contribution is -2.32. The number of carboxylic acid groups (broad SMARTS) is 1. The predicted octanol–water partition coefficient (Wildman–Crippen LogP) is 2.54. The Bertz CT molecular complexity index is 506. The summed E-state index contributed by atoms with van der Waals surface area (Å²) in [7, 11) is 1.51. The minimum Gasteiger partial charge on any atom is -0.478 e. The molecule has 1 aromatic carbocycles. The molecule has 0 radical (unpaired) electrons. The van der Waals surface area contributed by atoms with Crippen LogP contribution < -0.4 is 5.32 Å². The third kappa shape index (κ3) is 3.64. The normalized spacial score (nSPS) is 10.1. The Morgan fingerprint density at radius 3 is 2.42 bits per heavy atom. The molecule has 1 rings (SSSR count). The molecule has 0 aliphatic heterocycles. The number of nitrogens with one attached hydrogen (secondary N) is 1. The Morgan fingerprint density at radius 1 is 1.32 bits per heavy atom. The SMILES string of the molecule is CCCN(C)C(=O)Nc1cc(F)c(F)cc1C(=O)O. The second kappa shape index (κ2) is 6.12. The number of carboxylic acids is 1. The van der Waals surface area contributed by atoms with E-state index in [4.69, 9.17) is 5.11 Å². The Kier molecular flexibility index (Phi) is 4.80. The van der Waals surface area contributed by atoms with Gasteiger partial charge >= 0.3 is 12.0 Å². The first-order valence-electron chi connectivity index (χ1n) is 5.61. The molecule has 0 aliphatic rings. The molecule has 0 bridgehead atoms. The first-order valence-corrected chi connectivity index (χ1v) is 5.61. The Labute approximate surface area is 108 Å². The van der Waals surface area contributed by atoms with E-state index in [0.717, 1.165) is 0 Å². The van der Waals surface area contributed by atoms with Crippen molar-refractivity contribution in [2.75, 3.05) is 18.9 Å². The Morgan fingerprint density at radius 2 is 1.89 bits per heavy atom. The molecular formula is C12H14F2N2O3. The number of urea groups is 1. The van der Waals surface area contributed by atoms with Crippen LogP contribution in [0.5, 0.6) is 0 Å². The number of hydrogen-bond acceptors (Lipinski definition) is 2. The topological polar surface area (TPSA) is 69.6 Å². The molecule has 0 atom stereocenters. The van der Waals surface area contributed by atoms with Crippen LogP contribution in [0.3, 0.4) is 0 Å². The van der Waals surface area contributed by atoms with Gasteiger partial charge in [-0.3, -0.25) is 0 Å². The molecule has 2 amide bonds. The van der Waals surface area contributed by atoms with Gasteiger partial charge in [-0.05, 0) is 12.5 Å².